The second-order valence-electron chi connectivity index (χ2n) is 6.11. The fraction of sp³-hybridized carbons (Fsp3) is 0.529. The topological polar surface area (TPSA) is 62.6 Å². The van der Waals surface area contributed by atoms with E-state index in [4.69, 9.17) is 14.9 Å². The summed E-state index contributed by atoms with van der Waals surface area (Å²) in [5.41, 5.74) is 0.842. The highest BCUT2D eigenvalue weighted by atomic mass is 16.5. The minimum atomic E-state index is -0.514. The highest BCUT2D eigenvalue weighted by Crippen LogP contribution is 2.39. The van der Waals surface area contributed by atoms with Crippen molar-refractivity contribution >= 4 is 11.8 Å². The Kier molecular flexibility index (Phi) is 4.44. The summed E-state index contributed by atoms with van der Waals surface area (Å²) in [5, 5.41) is 8.03. The molecule has 0 spiro atoms. The number of fused-ring (bicyclic) bond motifs is 1. The van der Waals surface area contributed by atoms with E-state index in [1.54, 1.807) is 12.1 Å². The van der Waals surface area contributed by atoms with Gasteiger partial charge in [-0.05, 0) is 46.8 Å². The number of carbonyl (C=O) groups is 1. The molecule has 0 atom stereocenters. The van der Waals surface area contributed by atoms with Crippen molar-refractivity contribution in [3.05, 3.63) is 23.3 Å². The monoisotopic (exact) mass is 304 g/mol. The van der Waals surface area contributed by atoms with E-state index in [-0.39, 0.29) is 11.8 Å². The summed E-state index contributed by atoms with van der Waals surface area (Å²) in [4.78, 5) is 14.0. The number of Topliss-reactive ketones (excluding diaryl/α,β-unsaturated/α-hetero) is 1. The zero-order valence-corrected chi connectivity index (χ0v) is 13.9. The van der Waals surface area contributed by atoms with Crippen molar-refractivity contribution in [2.75, 3.05) is 13.1 Å². The van der Waals surface area contributed by atoms with E-state index in [2.05, 4.69) is 0 Å². The molecule has 1 aromatic rings. The molecular weight excluding hydrogens is 280 g/mol. The van der Waals surface area contributed by atoms with Gasteiger partial charge in [-0.2, -0.15) is 0 Å². The van der Waals surface area contributed by atoms with Crippen LogP contribution >= 0.6 is 0 Å². The maximum atomic E-state index is 12.2. The molecule has 5 heteroatoms. The molecule has 2 rings (SSSR count). The molecule has 0 unspecified atom stereocenters. The average molecular weight is 304 g/mol. The number of amidine groups is 1. The Balaban J connectivity index is 2.33. The highest BCUT2D eigenvalue weighted by molar-refractivity contribution is 6.01. The van der Waals surface area contributed by atoms with Crippen LogP contribution in [0.2, 0.25) is 0 Å². The summed E-state index contributed by atoms with van der Waals surface area (Å²) < 4.78 is 11.6. The molecule has 22 heavy (non-hydrogen) atoms. The Labute approximate surface area is 131 Å². The third kappa shape index (κ3) is 3.08. The fourth-order valence-corrected chi connectivity index (χ4v) is 2.61. The van der Waals surface area contributed by atoms with E-state index in [0.717, 1.165) is 5.56 Å². The zero-order chi connectivity index (χ0) is 16.5. The lowest BCUT2D eigenvalue weighted by atomic mass is 9.91. The van der Waals surface area contributed by atoms with Crippen molar-refractivity contribution in [1.82, 2.24) is 4.90 Å². The van der Waals surface area contributed by atoms with E-state index in [1.807, 2.05) is 39.5 Å². The lowest BCUT2D eigenvalue weighted by Gasteiger charge is -2.33. The number of benzene rings is 1. The fourth-order valence-electron chi connectivity index (χ4n) is 2.61. The molecule has 1 N–H and O–H groups in total. The summed E-state index contributed by atoms with van der Waals surface area (Å²) >= 11 is 0. The van der Waals surface area contributed by atoms with Crippen LogP contribution in [0.15, 0.2) is 12.1 Å². The third-order valence-electron chi connectivity index (χ3n) is 3.88. The summed E-state index contributed by atoms with van der Waals surface area (Å²) in [5.74, 6) is 1.21. The van der Waals surface area contributed by atoms with Crippen molar-refractivity contribution in [3.63, 3.8) is 0 Å². The molecule has 0 amide bonds. The van der Waals surface area contributed by atoms with Crippen LogP contribution in [0.4, 0.5) is 0 Å². The van der Waals surface area contributed by atoms with Gasteiger partial charge in [-0.3, -0.25) is 10.2 Å². The number of nitrogens with one attached hydrogen (secondary N) is 1. The molecule has 0 radical (unpaired) electrons. The summed E-state index contributed by atoms with van der Waals surface area (Å²) in [6.45, 7) is 11.0. The summed E-state index contributed by atoms with van der Waals surface area (Å²) in [6, 6.07) is 3.57. The van der Waals surface area contributed by atoms with Gasteiger partial charge in [0.1, 0.15) is 17.1 Å². The molecule has 0 aliphatic carbocycles. The van der Waals surface area contributed by atoms with Gasteiger partial charge in [0.15, 0.2) is 5.78 Å². The van der Waals surface area contributed by atoms with Crippen LogP contribution in [0.3, 0.4) is 0 Å². The standard InChI is InChI=1S/C17H24N2O3/c1-6-19(7-2)16(18)21-14-9-8-12-13(20)10-17(4,5)22-15(12)11(14)3/h8-9,18H,6-7,10H2,1-5H3. The Morgan fingerprint density at radius 1 is 1.36 bits per heavy atom. The first-order chi connectivity index (χ1) is 10.3. The van der Waals surface area contributed by atoms with Crippen LogP contribution in [0, 0.1) is 12.3 Å². The van der Waals surface area contributed by atoms with Crippen molar-refractivity contribution in [2.24, 2.45) is 0 Å². The maximum absolute atomic E-state index is 12.2. The van der Waals surface area contributed by atoms with Gasteiger partial charge in [-0.1, -0.05) is 0 Å². The Hall–Kier alpha value is -2.04. The Morgan fingerprint density at radius 2 is 2.00 bits per heavy atom. The first kappa shape index (κ1) is 16.3. The predicted octanol–water partition coefficient (Wildman–Crippen LogP) is 3.39. The third-order valence-corrected chi connectivity index (χ3v) is 3.88. The van der Waals surface area contributed by atoms with Crippen LogP contribution in [0.5, 0.6) is 11.5 Å². The second kappa shape index (κ2) is 5.99. The first-order valence-electron chi connectivity index (χ1n) is 7.66. The Morgan fingerprint density at radius 3 is 2.59 bits per heavy atom. The average Bonchev–Trinajstić information content (AvgIpc) is 2.43. The lowest BCUT2D eigenvalue weighted by molar-refractivity contribution is 0.0614. The number of rotatable bonds is 3. The highest BCUT2D eigenvalue weighted by Gasteiger charge is 2.34. The van der Waals surface area contributed by atoms with Gasteiger partial charge in [-0.25, -0.2) is 0 Å². The van der Waals surface area contributed by atoms with Gasteiger partial charge in [0.05, 0.1) is 12.0 Å². The van der Waals surface area contributed by atoms with Crippen LogP contribution < -0.4 is 9.47 Å². The molecule has 0 bridgehead atoms. The molecule has 0 fully saturated rings. The molecule has 1 aliphatic rings. The number of hydrogen-bond donors (Lipinski definition) is 1. The smallest absolute Gasteiger partial charge is 0.289 e. The molecule has 1 aromatic carbocycles. The van der Waals surface area contributed by atoms with Crippen molar-refractivity contribution < 1.29 is 14.3 Å². The Bertz CT molecular complexity index is 604. The van der Waals surface area contributed by atoms with Gasteiger partial charge in [0.25, 0.3) is 6.02 Å². The van der Waals surface area contributed by atoms with E-state index in [9.17, 15) is 4.79 Å². The van der Waals surface area contributed by atoms with E-state index in [1.165, 1.54) is 0 Å². The molecule has 1 heterocycles. The SMILES string of the molecule is CCN(CC)C(=N)Oc1ccc2c(c1C)OC(C)(C)CC2=O. The summed E-state index contributed by atoms with van der Waals surface area (Å²) in [7, 11) is 0. The second-order valence-corrected chi connectivity index (χ2v) is 6.11. The van der Waals surface area contributed by atoms with Gasteiger partial charge >= 0.3 is 0 Å². The minimum Gasteiger partial charge on any atom is -0.486 e. The van der Waals surface area contributed by atoms with Crippen LogP contribution in [0.25, 0.3) is 0 Å². The quantitative estimate of drug-likeness (QED) is 0.687. The molecular formula is C17H24N2O3. The van der Waals surface area contributed by atoms with Crippen molar-refractivity contribution in [1.29, 1.82) is 5.41 Å². The van der Waals surface area contributed by atoms with Crippen molar-refractivity contribution in [3.8, 4) is 11.5 Å². The molecule has 5 nitrogen and oxygen atoms in total. The first-order valence-corrected chi connectivity index (χ1v) is 7.66. The number of ketones is 1. The molecule has 1 aliphatic heterocycles. The molecule has 120 valence electrons. The summed E-state index contributed by atoms with van der Waals surface area (Å²) in [6.07, 6.45) is 0.370. The molecule has 0 saturated carbocycles. The molecule has 0 saturated heterocycles. The van der Waals surface area contributed by atoms with Crippen LogP contribution in [-0.4, -0.2) is 35.4 Å². The zero-order valence-electron chi connectivity index (χ0n) is 13.9. The number of nitrogens with zero attached hydrogens (tertiary/aromatic N) is 1. The van der Waals surface area contributed by atoms with Crippen LogP contribution in [0.1, 0.15) is 50.0 Å². The number of hydrogen-bond acceptors (Lipinski definition) is 4. The van der Waals surface area contributed by atoms with Gasteiger partial charge in [-0.15, -0.1) is 0 Å². The minimum absolute atomic E-state index is 0.0831. The van der Waals surface area contributed by atoms with Crippen LogP contribution in [-0.2, 0) is 0 Å². The van der Waals surface area contributed by atoms with E-state index >= 15 is 0 Å². The normalized spacial score (nSPS) is 15.8. The van der Waals surface area contributed by atoms with Gasteiger partial charge in [0, 0.05) is 18.7 Å². The van der Waals surface area contributed by atoms with Gasteiger partial charge < -0.3 is 14.4 Å². The number of carbonyl (C=O) groups excluding carboxylic acids is 1. The number of ether oxygens (including phenoxy) is 2. The lowest BCUT2D eigenvalue weighted by Crippen LogP contribution is -2.36. The predicted molar refractivity (Wildman–Crippen MR) is 86.1 cm³/mol. The largest absolute Gasteiger partial charge is 0.486 e. The molecule has 0 aromatic heterocycles. The van der Waals surface area contributed by atoms with Crippen molar-refractivity contribution in [2.45, 2.75) is 46.6 Å². The van der Waals surface area contributed by atoms with E-state index < -0.39 is 5.60 Å². The van der Waals surface area contributed by atoms with Gasteiger partial charge in [0.2, 0.25) is 0 Å². The van der Waals surface area contributed by atoms with E-state index in [0.29, 0.717) is 36.6 Å². The maximum Gasteiger partial charge on any atom is 0.289 e.